The second-order valence-electron chi connectivity index (χ2n) is 6.77. The number of nitrogens with zero attached hydrogens (tertiary/aromatic N) is 1. The normalized spacial score (nSPS) is 12.6. The zero-order valence-corrected chi connectivity index (χ0v) is 16.2. The quantitative estimate of drug-likeness (QED) is 0.541. The van der Waals surface area contributed by atoms with E-state index in [9.17, 15) is 9.18 Å². The number of hydrogen-bond acceptors (Lipinski definition) is 3. The molecule has 27 heavy (non-hydrogen) atoms. The fourth-order valence-electron chi connectivity index (χ4n) is 2.80. The van der Waals surface area contributed by atoms with Gasteiger partial charge in [-0.2, -0.15) is 0 Å². The van der Waals surface area contributed by atoms with Crippen LogP contribution in [0.4, 0.5) is 4.39 Å². The molecule has 0 fully saturated rings. The van der Waals surface area contributed by atoms with Gasteiger partial charge in [0, 0.05) is 30.1 Å². The van der Waals surface area contributed by atoms with Crippen LogP contribution in [0.3, 0.4) is 0 Å². The van der Waals surface area contributed by atoms with Gasteiger partial charge in [-0.05, 0) is 44.2 Å². The Morgan fingerprint density at radius 2 is 2.11 bits per heavy atom. The maximum atomic E-state index is 14.3. The molecule has 5 heteroatoms. The van der Waals surface area contributed by atoms with Gasteiger partial charge in [-0.15, -0.1) is 0 Å². The molecular weight excluding hydrogens is 343 g/mol. The molecule has 1 aromatic heterocycles. The summed E-state index contributed by atoms with van der Waals surface area (Å²) in [6.07, 6.45) is 13.6. The lowest BCUT2D eigenvalue weighted by Crippen LogP contribution is -2.08. The highest BCUT2D eigenvalue weighted by molar-refractivity contribution is 5.64. The predicted octanol–water partition coefficient (Wildman–Crippen LogP) is 5.35. The average Bonchev–Trinajstić information content (AvgIpc) is 2.66. The molecule has 4 nitrogen and oxygen atoms in total. The molecule has 2 aromatic rings. The van der Waals surface area contributed by atoms with Crippen molar-refractivity contribution >= 4 is 6.08 Å². The molecule has 1 aromatic carbocycles. The third-order valence-corrected chi connectivity index (χ3v) is 4.43. The summed E-state index contributed by atoms with van der Waals surface area (Å²) >= 11 is 0. The summed E-state index contributed by atoms with van der Waals surface area (Å²) in [5, 5.41) is 0. The summed E-state index contributed by atoms with van der Waals surface area (Å²) < 4.78 is 20.1. The summed E-state index contributed by atoms with van der Waals surface area (Å²) in [5.74, 6) is -0.289. The van der Waals surface area contributed by atoms with Gasteiger partial charge in [-0.25, -0.2) is 14.2 Å². The number of halogens is 1. The molecular formula is C22H29FN2O2. The van der Waals surface area contributed by atoms with E-state index < -0.39 is 5.69 Å². The van der Waals surface area contributed by atoms with Crippen molar-refractivity contribution in [3.05, 3.63) is 58.5 Å². The van der Waals surface area contributed by atoms with Gasteiger partial charge in [0.25, 0.3) is 0 Å². The van der Waals surface area contributed by atoms with Gasteiger partial charge in [-0.1, -0.05) is 44.1 Å². The first-order valence-electron chi connectivity index (χ1n) is 9.73. The zero-order chi connectivity index (χ0) is 19.5. The second kappa shape index (κ2) is 11.4. The molecule has 1 N–H and O–H groups in total. The monoisotopic (exact) mass is 372 g/mol. The van der Waals surface area contributed by atoms with Crippen molar-refractivity contribution in [1.82, 2.24) is 9.97 Å². The molecule has 0 aliphatic carbocycles. The van der Waals surface area contributed by atoms with Crippen LogP contribution in [-0.4, -0.2) is 22.7 Å². The average molecular weight is 372 g/mol. The Labute approximate surface area is 160 Å². The highest BCUT2D eigenvalue weighted by Gasteiger charge is 2.04. The van der Waals surface area contributed by atoms with Gasteiger partial charge in [0.2, 0.25) is 0 Å². The van der Waals surface area contributed by atoms with E-state index in [1.165, 1.54) is 31.3 Å². The Morgan fingerprint density at radius 1 is 1.26 bits per heavy atom. The van der Waals surface area contributed by atoms with E-state index in [1.807, 2.05) is 18.2 Å². The van der Waals surface area contributed by atoms with Crippen LogP contribution < -0.4 is 5.69 Å². The molecule has 0 saturated carbocycles. The number of allylic oxidation sites excluding steroid dienone is 1. The summed E-state index contributed by atoms with van der Waals surface area (Å²) in [4.78, 5) is 17.2. The molecule has 1 unspecified atom stereocenters. The number of rotatable bonds is 11. The first-order chi connectivity index (χ1) is 13.1. The van der Waals surface area contributed by atoms with Crippen LogP contribution in [-0.2, 0) is 4.74 Å². The van der Waals surface area contributed by atoms with E-state index in [0.29, 0.717) is 16.7 Å². The maximum Gasteiger partial charge on any atom is 0.344 e. The number of hydrogen-bond donors (Lipinski definition) is 1. The maximum absolute atomic E-state index is 14.3. The third-order valence-electron chi connectivity index (χ3n) is 4.43. The van der Waals surface area contributed by atoms with Gasteiger partial charge < -0.3 is 9.72 Å². The van der Waals surface area contributed by atoms with Crippen molar-refractivity contribution in [2.75, 3.05) is 6.61 Å². The number of aromatic nitrogens is 2. The lowest BCUT2D eigenvalue weighted by Gasteiger charge is -2.12. The van der Waals surface area contributed by atoms with Crippen molar-refractivity contribution in [2.45, 2.75) is 58.5 Å². The van der Waals surface area contributed by atoms with Crippen LogP contribution in [0, 0.1) is 5.82 Å². The first kappa shape index (κ1) is 21.0. The first-order valence-corrected chi connectivity index (χ1v) is 9.73. The largest absolute Gasteiger partial charge is 0.379 e. The van der Waals surface area contributed by atoms with Crippen molar-refractivity contribution in [2.24, 2.45) is 0 Å². The molecule has 0 aliphatic heterocycles. The summed E-state index contributed by atoms with van der Waals surface area (Å²) in [6, 6.07) is 5.03. The van der Waals surface area contributed by atoms with E-state index in [1.54, 1.807) is 6.07 Å². The Bertz CT molecular complexity index is 766. The molecule has 1 heterocycles. The van der Waals surface area contributed by atoms with E-state index in [2.05, 4.69) is 23.8 Å². The van der Waals surface area contributed by atoms with Crippen LogP contribution in [0.5, 0.6) is 0 Å². The Hall–Kier alpha value is -2.27. The smallest absolute Gasteiger partial charge is 0.344 e. The number of unbranched alkanes of at least 4 members (excludes halogenated alkanes) is 3. The molecule has 146 valence electrons. The van der Waals surface area contributed by atoms with Crippen LogP contribution in [0.1, 0.15) is 57.9 Å². The standard InChI is InChI=1S/C22H29FN2O2/c1-3-4-8-13-27-17(2)9-6-5-7-10-18-11-12-19(14-21(18)23)20-15-24-22(26)25-16-20/h7,10-12,14-17H,3-6,8-9,13H2,1-2H3,(H,24,25,26)/b10-7+. The predicted molar refractivity (Wildman–Crippen MR) is 108 cm³/mol. The molecule has 0 amide bonds. The van der Waals surface area contributed by atoms with Gasteiger partial charge in [0.05, 0.1) is 6.10 Å². The molecule has 2 rings (SSSR count). The van der Waals surface area contributed by atoms with Crippen LogP contribution >= 0.6 is 0 Å². The van der Waals surface area contributed by atoms with Crippen molar-refractivity contribution < 1.29 is 9.13 Å². The topological polar surface area (TPSA) is 55.0 Å². The molecule has 0 saturated heterocycles. The highest BCUT2D eigenvalue weighted by atomic mass is 19.1. The van der Waals surface area contributed by atoms with Gasteiger partial charge >= 0.3 is 5.69 Å². The minimum Gasteiger partial charge on any atom is -0.379 e. The summed E-state index contributed by atoms with van der Waals surface area (Å²) in [5.41, 5.74) is 1.50. The van der Waals surface area contributed by atoms with E-state index in [-0.39, 0.29) is 11.9 Å². The Morgan fingerprint density at radius 3 is 2.81 bits per heavy atom. The van der Waals surface area contributed by atoms with Crippen LogP contribution in [0.2, 0.25) is 0 Å². The fourth-order valence-corrected chi connectivity index (χ4v) is 2.80. The molecule has 1 atom stereocenters. The summed E-state index contributed by atoms with van der Waals surface area (Å²) in [7, 11) is 0. The molecule has 0 bridgehead atoms. The highest BCUT2D eigenvalue weighted by Crippen LogP contribution is 2.21. The SMILES string of the molecule is CCCCCOC(C)CCC/C=C/c1ccc(-c2cnc(=O)[nH]c2)cc1F. The number of H-pyrrole nitrogens is 1. The Balaban J connectivity index is 1.78. The van der Waals surface area contributed by atoms with E-state index >= 15 is 0 Å². The van der Waals surface area contributed by atoms with E-state index in [4.69, 9.17) is 4.74 Å². The van der Waals surface area contributed by atoms with Crippen molar-refractivity contribution in [1.29, 1.82) is 0 Å². The minimum atomic E-state index is -0.417. The van der Waals surface area contributed by atoms with Crippen molar-refractivity contribution in [3.8, 4) is 11.1 Å². The van der Waals surface area contributed by atoms with Gasteiger partial charge in [0.1, 0.15) is 5.82 Å². The van der Waals surface area contributed by atoms with E-state index in [0.717, 1.165) is 32.3 Å². The third kappa shape index (κ3) is 7.47. The summed E-state index contributed by atoms with van der Waals surface area (Å²) in [6.45, 7) is 5.14. The van der Waals surface area contributed by atoms with Crippen LogP contribution in [0.15, 0.2) is 41.5 Å². The zero-order valence-electron chi connectivity index (χ0n) is 16.2. The lowest BCUT2D eigenvalue weighted by molar-refractivity contribution is 0.0566. The molecule has 0 radical (unpaired) electrons. The number of ether oxygens (including phenoxy) is 1. The molecule has 0 spiro atoms. The number of benzene rings is 1. The lowest BCUT2D eigenvalue weighted by atomic mass is 10.1. The van der Waals surface area contributed by atoms with Gasteiger partial charge in [0.15, 0.2) is 0 Å². The van der Waals surface area contributed by atoms with Crippen molar-refractivity contribution in [3.63, 3.8) is 0 Å². The second-order valence-corrected chi connectivity index (χ2v) is 6.77. The minimum absolute atomic E-state index is 0.275. The Kier molecular flexibility index (Phi) is 8.92. The van der Waals surface area contributed by atoms with Gasteiger partial charge in [-0.3, -0.25) is 0 Å². The number of nitrogens with one attached hydrogen (secondary N) is 1. The fraction of sp³-hybridized carbons (Fsp3) is 0.455. The molecule has 0 aliphatic rings. The number of aromatic amines is 1. The van der Waals surface area contributed by atoms with Crippen LogP contribution in [0.25, 0.3) is 17.2 Å².